The lowest BCUT2D eigenvalue weighted by atomic mass is 9.91. The van der Waals surface area contributed by atoms with Crippen LogP contribution in [-0.4, -0.2) is 27.8 Å². The van der Waals surface area contributed by atoms with Crippen LogP contribution >= 0.6 is 0 Å². The molecule has 0 bridgehead atoms. The molecule has 2 heterocycles. The number of nitrogens with zero attached hydrogens (tertiary/aromatic N) is 2. The molecule has 1 fully saturated rings. The summed E-state index contributed by atoms with van der Waals surface area (Å²) < 4.78 is 1.87. The van der Waals surface area contributed by atoms with Crippen LogP contribution in [0.2, 0.25) is 0 Å². The zero-order valence-electron chi connectivity index (χ0n) is 13.1. The molecule has 0 amide bonds. The van der Waals surface area contributed by atoms with Crippen LogP contribution < -0.4 is 5.56 Å². The largest absolute Gasteiger partial charge is 0.284 e. The van der Waals surface area contributed by atoms with Gasteiger partial charge in [-0.1, -0.05) is 36.8 Å². The van der Waals surface area contributed by atoms with Gasteiger partial charge in [-0.15, -0.1) is 0 Å². The monoisotopic (exact) mass is 299 g/mol. The first-order chi connectivity index (χ1) is 10.8. The zero-order chi connectivity index (χ0) is 15.2. The fourth-order valence-electron chi connectivity index (χ4n) is 3.33. The zero-order valence-corrected chi connectivity index (χ0v) is 13.1. The third-order valence-corrected chi connectivity index (χ3v) is 4.64. The number of hydrogen-bond acceptors (Lipinski definition) is 2. The molecule has 1 aromatic carbocycles. The molecular weight excluding hydrogens is 274 g/mol. The SMILES string of the molecule is O=c1ccn(CN2CCC(CCCc3ccccc3)CC2)[nH]1. The van der Waals surface area contributed by atoms with Crippen molar-refractivity contribution in [2.45, 2.75) is 38.8 Å². The smallest absolute Gasteiger partial charge is 0.264 e. The highest BCUT2D eigenvalue weighted by Crippen LogP contribution is 2.23. The molecule has 0 saturated carbocycles. The van der Waals surface area contributed by atoms with Gasteiger partial charge < -0.3 is 0 Å². The lowest BCUT2D eigenvalue weighted by Gasteiger charge is -2.31. The molecular formula is C18H25N3O. The highest BCUT2D eigenvalue weighted by molar-refractivity contribution is 5.14. The molecule has 0 unspecified atom stereocenters. The molecule has 3 rings (SSSR count). The molecule has 22 heavy (non-hydrogen) atoms. The molecule has 4 nitrogen and oxygen atoms in total. The van der Waals surface area contributed by atoms with Gasteiger partial charge in [-0.25, -0.2) is 0 Å². The first-order valence-corrected chi connectivity index (χ1v) is 8.31. The standard InChI is InChI=1S/C18H25N3O/c22-18-11-14-21(19-18)15-20-12-9-17(10-13-20)8-4-7-16-5-2-1-3-6-16/h1-3,5-6,11,14,17H,4,7-10,12-13,15H2,(H,19,22). The summed E-state index contributed by atoms with van der Waals surface area (Å²) in [5.41, 5.74) is 1.44. The summed E-state index contributed by atoms with van der Waals surface area (Å²) in [6.07, 6.45) is 8.21. The minimum Gasteiger partial charge on any atom is -0.284 e. The Bertz CT molecular complexity index is 609. The Morgan fingerprint density at radius 2 is 1.86 bits per heavy atom. The third-order valence-electron chi connectivity index (χ3n) is 4.64. The Balaban J connectivity index is 1.36. The molecule has 1 N–H and O–H groups in total. The molecule has 4 heteroatoms. The molecule has 0 atom stereocenters. The van der Waals surface area contributed by atoms with Gasteiger partial charge in [0.05, 0.1) is 6.67 Å². The molecule has 0 aliphatic carbocycles. The minimum absolute atomic E-state index is 0.0178. The van der Waals surface area contributed by atoms with Crippen molar-refractivity contribution in [1.29, 1.82) is 0 Å². The number of likely N-dealkylation sites (tertiary alicyclic amines) is 1. The van der Waals surface area contributed by atoms with Crippen LogP contribution in [0.15, 0.2) is 47.4 Å². The first-order valence-electron chi connectivity index (χ1n) is 8.31. The van der Waals surface area contributed by atoms with Gasteiger partial charge in [-0.3, -0.25) is 19.5 Å². The minimum atomic E-state index is -0.0178. The molecule has 0 spiro atoms. The van der Waals surface area contributed by atoms with E-state index in [2.05, 4.69) is 40.3 Å². The van der Waals surface area contributed by atoms with E-state index >= 15 is 0 Å². The van der Waals surface area contributed by atoms with Gasteiger partial charge in [0, 0.05) is 25.4 Å². The maximum absolute atomic E-state index is 11.1. The van der Waals surface area contributed by atoms with Gasteiger partial charge in [0.2, 0.25) is 0 Å². The van der Waals surface area contributed by atoms with Crippen molar-refractivity contribution in [3.63, 3.8) is 0 Å². The molecule has 2 aromatic rings. The number of benzene rings is 1. The van der Waals surface area contributed by atoms with E-state index in [1.54, 1.807) is 6.07 Å². The average Bonchev–Trinajstić information content (AvgIpc) is 2.95. The molecule has 1 saturated heterocycles. The van der Waals surface area contributed by atoms with Crippen LogP contribution in [0.4, 0.5) is 0 Å². The van der Waals surface area contributed by atoms with Crippen molar-refractivity contribution in [2.24, 2.45) is 5.92 Å². The number of aryl methyl sites for hydroxylation is 1. The van der Waals surface area contributed by atoms with Gasteiger partial charge >= 0.3 is 0 Å². The number of piperidine rings is 1. The molecule has 0 radical (unpaired) electrons. The highest BCUT2D eigenvalue weighted by Gasteiger charge is 2.18. The third kappa shape index (κ3) is 4.34. The van der Waals surface area contributed by atoms with E-state index in [-0.39, 0.29) is 5.56 Å². The van der Waals surface area contributed by atoms with Gasteiger partial charge in [-0.05, 0) is 37.2 Å². The van der Waals surface area contributed by atoms with Crippen LogP contribution in [0.25, 0.3) is 0 Å². The van der Waals surface area contributed by atoms with Crippen molar-refractivity contribution in [2.75, 3.05) is 13.1 Å². The van der Waals surface area contributed by atoms with Crippen LogP contribution in [0, 0.1) is 5.92 Å². The lowest BCUT2D eigenvalue weighted by molar-refractivity contribution is 0.136. The van der Waals surface area contributed by atoms with Crippen LogP contribution in [-0.2, 0) is 13.1 Å². The van der Waals surface area contributed by atoms with Crippen molar-refractivity contribution in [3.8, 4) is 0 Å². The predicted molar refractivity (Wildman–Crippen MR) is 88.7 cm³/mol. The number of H-pyrrole nitrogens is 1. The van der Waals surface area contributed by atoms with Crippen LogP contribution in [0.1, 0.15) is 31.2 Å². The quantitative estimate of drug-likeness (QED) is 0.891. The summed E-state index contributed by atoms with van der Waals surface area (Å²) in [7, 11) is 0. The Labute approximate surface area is 131 Å². The van der Waals surface area contributed by atoms with E-state index in [1.807, 2.05) is 10.9 Å². The number of hydrogen-bond donors (Lipinski definition) is 1. The fraction of sp³-hybridized carbons (Fsp3) is 0.500. The lowest BCUT2D eigenvalue weighted by Crippen LogP contribution is -2.35. The number of aromatic amines is 1. The van der Waals surface area contributed by atoms with Crippen LogP contribution in [0.3, 0.4) is 0 Å². The van der Waals surface area contributed by atoms with Crippen molar-refractivity contribution >= 4 is 0 Å². The number of rotatable bonds is 6. The molecule has 1 aliphatic heterocycles. The Morgan fingerprint density at radius 3 is 2.55 bits per heavy atom. The van der Waals surface area contributed by atoms with E-state index in [4.69, 9.17) is 0 Å². The van der Waals surface area contributed by atoms with Crippen LogP contribution in [0.5, 0.6) is 0 Å². The summed E-state index contributed by atoms with van der Waals surface area (Å²) in [4.78, 5) is 13.5. The maximum Gasteiger partial charge on any atom is 0.264 e. The van der Waals surface area contributed by atoms with E-state index in [9.17, 15) is 4.79 Å². The Hall–Kier alpha value is -1.81. The average molecular weight is 299 g/mol. The molecule has 118 valence electrons. The second-order valence-corrected chi connectivity index (χ2v) is 6.34. The van der Waals surface area contributed by atoms with E-state index < -0.39 is 0 Å². The molecule has 1 aromatic heterocycles. The summed E-state index contributed by atoms with van der Waals surface area (Å²) in [5.74, 6) is 0.865. The number of nitrogens with one attached hydrogen (secondary N) is 1. The summed E-state index contributed by atoms with van der Waals surface area (Å²) in [6.45, 7) is 3.07. The second-order valence-electron chi connectivity index (χ2n) is 6.34. The van der Waals surface area contributed by atoms with Crippen molar-refractivity contribution < 1.29 is 0 Å². The second kappa shape index (κ2) is 7.45. The van der Waals surface area contributed by atoms with Gasteiger partial charge in [0.1, 0.15) is 0 Å². The Kier molecular flexibility index (Phi) is 5.11. The Morgan fingerprint density at radius 1 is 1.09 bits per heavy atom. The maximum atomic E-state index is 11.1. The van der Waals surface area contributed by atoms with Gasteiger partial charge in [0.15, 0.2) is 0 Å². The summed E-state index contributed by atoms with van der Waals surface area (Å²) in [6, 6.07) is 12.4. The molecule has 1 aliphatic rings. The fourth-order valence-corrected chi connectivity index (χ4v) is 3.33. The number of aromatic nitrogens is 2. The normalized spacial score (nSPS) is 16.9. The summed E-state index contributed by atoms with van der Waals surface area (Å²) >= 11 is 0. The highest BCUT2D eigenvalue weighted by atomic mass is 16.1. The topological polar surface area (TPSA) is 41.0 Å². The van der Waals surface area contributed by atoms with Crippen molar-refractivity contribution in [3.05, 3.63) is 58.5 Å². The van der Waals surface area contributed by atoms with E-state index in [0.29, 0.717) is 0 Å². The van der Waals surface area contributed by atoms with Gasteiger partial charge in [0.25, 0.3) is 5.56 Å². The van der Waals surface area contributed by atoms with Gasteiger partial charge in [-0.2, -0.15) is 0 Å². The van der Waals surface area contributed by atoms with E-state index in [0.717, 1.165) is 25.7 Å². The predicted octanol–water partition coefficient (Wildman–Crippen LogP) is 2.87. The summed E-state index contributed by atoms with van der Waals surface area (Å²) in [5, 5.41) is 2.81. The van der Waals surface area contributed by atoms with Crippen molar-refractivity contribution in [1.82, 2.24) is 14.7 Å². The van der Waals surface area contributed by atoms with E-state index in [1.165, 1.54) is 37.7 Å². The first kappa shape index (κ1) is 15.1.